The van der Waals surface area contributed by atoms with Crippen molar-refractivity contribution in [2.45, 2.75) is 12.5 Å². The molecule has 6 heteroatoms. The van der Waals surface area contributed by atoms with Crippen LogP contribution in [0.5, 0.6) is 0 Å². The molecule has 2 N–H and O–H groups in total. The molecule has 4 nitrogen and oxygen atoms in total. The van der Waals surface area contributed by atoms with Gasteiger partial charge in [0.05, 0.1) is 6.54 Å². The Kier molecular flexibility index (Phi) is 9.19. The van der Waals surface area contributed by atoms with E-state index in [9.17, 15) is 0 Å². The van der Waals surface area contributed by atoms with E-state index in [1.165, 1.54) is 5.56 Å². The highest BCUT2D eigenvalue weighted by atomic mass is 127. The number of aliphatic imine (C=N–C) groups is 1. The third kappa shape index (κ3) is 6.34. The minimum Gasteiger partial charge on any atom is -0.370 e. The van der Waals surface area contributed by atoms with Gasteiger partial charge in [0.25, 0.3) is 0 Å². The minimum atomic E-state index is 0. The van der Waals surface area contributed by atoms with Crippen molar-refractivity contribution in [1.82, 2.24) is 9.80 Å². The summed E-state index contributed by atoms with van der Waals surface area (Å²) in [5.74, 6) is 3.00. The van der Waals surface area contributed by atoms with Crippen LogP contribution in [0.1, 0.15) is 5.56 Å². The van der Waals surface area contributed by atoms with E-state index in [1.807, 2.05) is 11.8 Å². The Bertz CT molecular complexity index is 447. The Labute approximate surface area is 155 Å². The van der Waals surface area contributed by atoms with Gasteiger partial charge in [-0.2, -0.15) is 11.8 Å². The van der Waals surface area contributed by atoms with Crippen molar-refractivity contribution in [2.24, 2.45) is 10.7 Å². The summed E-state index contributed by atoms with van der Waals surface area (Å²) in [6.07, 6.45) is 1.00. The van der Waals surface area contributed by atoms with Gasteiger partial charge in [-0.3, -0.25) is 4.99 Å². The maximum Gasteiger partial charge on any atom is 0.191 e. The van der Waals surface area contributed by atoms with Crippen molar-refractivity contribution in [2.75, 3.05) is 45.2 Å². The van der Waals surface area contributed by atoms with Crippen LogP contribution >= 0.6 is 35.7 Å². The van der Waals surface area contributed by atoms with Crippen LogP contribution < -0.4 is 5.73 Å². The van der Waals surface area contributed by atoms with Gasteiger partial charge >= 0.3 is 0 Å². The van der Waals surface area contributed by atoms with Crippen LogP contribution in [-0.4, -0.2) is 67.0 Å². The summed E-state index contributed by atoms with van der Waals surface area (Å²) >= 11 is 1.99. The molecule has 0 saturated carbocycles. The maximum atomic E-state index is 6.14. The molecule has 0 bridgehead atoms. The first-order valence-corrected chi connectivity index (χ1v) is 8.65. The minimum absolute atomic E-state index is 0. The van der Waals surface area contributed by atoms with Gasteiger partial charge in [0.2, 0.25) is 0 Å². The number of likely N-dealkylation sites (N-methyl/N-ethyl adjacent to an activating group) is 1. The molecular weight excluding hydrogens is 407 g/mol. The molecular formula is C16H27IN4S. The highest BCUT2D eigenvalue weighted by Gasteiger charge is 2.15. The molecule has 2 rings (SSSR count). The van der Waals surface area contributed by atoms with Crippen molar-refractivity contribution in [3.63, 3.8) is 0 Å². The van der Waals surface area contributed by atoms with E-state index in [0.29, 0.717) is 12.0 Å². The number of hydrogen-bond donors (Lipinski definition) is 1. The van der Waals surface area contributed by atoms with E-state index in [4.69, 9.17) is 5.73 Å². The van der Waals surface area contributed by atoms with Crippen LogP contribution in [0.2, 0.25) is 0 Å². The molecule has 1 aromatic rings. The molecule has 22 heavy (non-hydrogen) atoms. The van der Waals surface area contributed by atoms with Crippen LogP contribution in [0.4, 0.5) is 0 Å². The lowest BCUT2D eigenvalue weighted by atomic mass is 10.1. The second kappa shape index (κ2) is 10.3. The zero-order chi connectivity index (χ0) is 15.1. The van der Waals surface area contributed by atoms with Gasteiger partial charge in [0.15, 0.2) is 5.96 Å². The number of hydrogen-bond acceptors (Lipinski definition) is 3. The van der Waals surface area contributed by atoms with Gasteiger partial charge in [-0.25, -0.2) is 0 Å². The van der Waals surface area contributed by atoms with E-state index >= 15 is 0 Å². The molecule has 0 aliphatic carbocycles. The molecule has 1 aromatic carbocycles. The summed E-state index contributed by atoms with van der Waals surface area (Å²) in [5, 5.41) is 0. The second-order valence-electron chi connectivity index (χ2n) is 5.61. The first-order chi connectivity index (χ1) is 10.2. The fourth-order valence-electron chi connectivity index (χ4n) is 2.39. The van der Waals surface area contributed by atoms with Gasteiger partial charge in [0, 0.05) is 30.6 Å². The molecule has 0 spiro atoms. The lowest BCUT2D eigenvalue weighted by Gasteiger charge is -2.28. The molecule has 1 fully saturated rings. The number of thioether (sulfide) groups is 1. The summed E-state index contributed by atoms with van der Waals surface area (Å²) in [6, 6.07) is 11.0. The van der Waals surface area contributed by atoms with E-state index in [2.05, 4.69) is 59.2 Å². The SMILES string of the molecule is CN(C)C(CN=C(N)N1CCSCC1)Cc1ccccc1.I. The fourth-order valence-corrected chi connectivity index (χ4v) is 3.29. The van der Waals surface area contributed by atoms with Gasteiger partial charge in [-0.15, -0.1) is 24.0 Å². The molecule has 0 radical (unpaired) electrons. The van der Waals surface area contributed by atoms with E-state index in [1.54, 1.807) is 0 Å². The molecule has 1 aliphatic heterocycles. The van der Waals surface area contributed by atoms with Crippen LogP contribution in [0.25, 0.3) is 0 Å². The van der Waals surface area contributed by atoms with Crippen LogP contribution in [0, 0.1) is 0 Å². The molecule has 124 valence electrons. The summed E-state index contributed by atoms with van der Waals surface area (Å²) in [5.41, 5.74) is 7.49. The monoisotopic (exact) mass is 434 g/mol. The molecule has 1 saturated heterocycles. The number of halogens is 1. The quantitative estimate of drug-likeness (QED) is 0.438. The largest absolute Gasteiger partial charge is 0.370 e. The van der Waals surface area contributed by atoms with Crippen LogP contribution in [0.15, 0.2) is 35.3 Å². The van der Waals surface area contributed by atoms with Crippen LogP contribution in [0.3, 0.4) is 0 Å². The second-order valence-corrected chi connectivity index (χ2v) is 6.83. The lowest BCUT2D eigenvalue weighted by Crippen LogP contribution is -2.43. The first-order valence-electron chi connectivity index (χ1n) is 7.50. The first kappa shape index (κ1) is 19.6. The lowest BCUT2D eigenvalue weighted by molar-refractivity contribution is 0.297. The molecule has 1 heterocycles. The highest BCUT2D eigenvalue weighted by Crippen LogP contribution is 2.10. The predicted molar refractivity (Wildman–Crippen MR) is 108 cm³/mol. The number of guanidine groups is 1. The molecule has 0 aromatic heterocycles. The highest BCUT2D eigenvalue weighted by molar-refractivity contribution is 14.0. The Morgan fingerprint density at radius 2 is 1.91 bits per heavy atom. The molecule has 1 atom stereocenters. The van der Waals surface area contributed by atoms with E-state index in [0.717, 1.165) is 37.6 Å². The molecule has 0 amide bonds. The predicted octanol–water partition coefficient (Wildman–Crippen LogP) is 2.14. The average Bonchev–Trinajstić information content (AvgIpc) is 2.52. The summed E-state index contributed by atoms with van der Waals surface area (Å²) in [7, 11) is 4.22. The van der Waals surface area contributed by atoms with Gasteiger partial charge in [0.1, 0.15) is 0 Å². The zero-order valence-electron chi connectivity index (χ0n) is 13.4. The zero-order valence-corrected chi connectivity index (χ0v) is 16.6. The van der Waals surface area contributed by atoms with Crippen molar-refractivity contribution >= 4 is 41.7 Å². The Morgan fingerprint density at radius 3 is 2.50 bits per heavy atom. The maximum absolute atomic E-state index is 6.14. The average molecular weight is 434 g/mol. The number of nitrogens with two attached hydrogens (primary N) is 1. The summed E-state index contributed by atoms with van der Waals surface area (Å²) in [4.78, 5) is 9.07. The van der Waals surface area contributed by atoms with Crippen LogP contribution in [-0.2, 0) is 6.42 Å². The van der Waals surface area contributed by atoms with Gasteiger partial charge in [-0.05, 0) is 26.1 Å². The van der Waals surface area contributed by atoms with Crippen molar-refractivity contribution < 1.29 is 0 Å². The Hall–Kier alpha value is -0.470. The topological polar surface area (TPSA) is 44.9 Å². The summed E-state index contributed by atoms with van der Waals surface area (Å²) < 4.78 is 0. The third-order valence-corrected chi connectivity index (χ3v) is 4.79. The Balaban J connectivity index is 0.00000242. The van der Waals surface area contributed by atoms with Gasteiger partial charge in [-0.1, -0.05) is 30.3 Å². The van der Waals surface area contributed by atoms with Crippen molar-refractivity contribution in [3.8, 4) is 0 Å². The van der Waals surface area contributed by atoms with E-state index < -0.39 is 0 Å². The number of rotatable bonds is 5. The van der Waals surface area contributed by atoms with E-state index in [-0.39, 0.29) is 24.0 Å². The van der Waals surface area contributed by atoms with Crippen molar-refractivity contribution in [3.05, 3.63) is 35.9 Å². The third-order valence-electron chi connectivity index (χ3n) is 3.84. The van der Waals surface area contributed by atoms with Crippen molar-refractivity contribution in [1.29, 1.82) is 0 Å². The standard InChI is InChI=1S/C16H26N4S.HI/c1-19(2)15(12-14-6-4-3-5-7-14)13-18-16(17)20-8-10-21-11-9-20;/h3-7,15H,8-13H2,1-2H3,(H2,17,18);1H. The fraction of sp³-hybridized carbons (Fsp3) is 0.562. The van der Waals surface area contributed by atoms with Gasteiger partial charge < -0.3 is 15.5 Å². The Morgan fingerprint density at radius 1 is 1.27 bits per heavy atom. The normalized spacial score (nSPS) is 17.2. The molecule has 1 aliphatic rings. The summed E-state index contributed by atoms with van der Waals surface area (Å²) in [6.45, 7) is 2.79. The molecule has 1 unspecified atom stereocenters. The number of benzene rings is 1. The number of nitrogens with zero attached hydrogens (tertiary/aromatic N) is 3. The smallest absolute Gasteiger partial charge is 0.191 e.